The van der Waals surface area contributed by atoms with Gasteiger partial charge in [-0.15, -0.1) is 0 Å². The summed E-state index contributed by atoms with van der Waals surface area (Å²) in [4.78, 5) is 29.9. The molecule has 29 heavy (non-hydrogen) atoms. The number of piperazine rings is 1. The lowest BCUT2D eigenvalue weighted by molar-refractivity contribution is -1.02. The van der Waals surface area contributed by atoms with E-state index in [-0.39, 0.29) is 11.9 Å². The number of urea groups is 1. The number of nitrogens with zero attached hydrogens (tertiary/aromatic N) is 1. The zero-order valence-corrected chi connectivity index (χ0v) is 17.2. The molecule has 2 aromatic carbocycles. The molecule has 0 aromatic heterocycles. The SMILES string of the molecule is Cc1ccccc1C[NH+]1CC[NH+](CN2C(=O)N[C@](C)(c3ccccc3)C2=O)CC1. The van der Waals surface area contributed by atoms with Gasteiger partial charge in [-0.1, -0.05) is 54.6 Å². The lowest BCUT2D eigenvalue weighted by Gasteiger charge is -2.31. The van der Waals surface area contributed by atoms with Crippen molar-refractivity contribution in [3.63, 3.8) is 0 Å². The predicted octanol–water partition coefficient (Wildman–Crippen LogP) is -0.297. The fraction of sp³-hybridized carbons (Fsp3) is 0.391. The fourth-order valence-electron chi connectivity index (χ4n) is 4.40. The minimum absolute atomic E-state index is 0.157. The van der Waals surface area contributed by atoms with E-state index in [0.29, 0.717) is 6.67 Å². The maximum absolute atomic E-state index is 13.1. The van der Waals surface area contributed by atoms with E-state index < -0.39 is 5.54 Å². The molecule has 4 rings (SSSR count). The van der Waals surface area contributed by atoms with Crippen LogP contribution in [0.4, 0.5) is 4.79 Å². The van der Waals surface area contributed by atoms with Gasteiger partial charge in [0.05, 0.1) is 0 Å². The van der Waals surface area contributed by atoms with Crippen LogP contribution < -0.4 is 15.1 Å². The molecule has 0 unspecified atom stereocenters. The molecule has 0 aliphatic carbocycles. The first-order chi connectivity index (χ1) is 14.0. The topological polar surface area (TPSA) is 58.3 Å². The maximum Gasteiger partial charge on any atom is 0.329 e. The highest BCUT2D eigenvalue weighted by Crippen LogP contribution is 2.27. The number of carbonyl (C=O) groups is 2. The van der Waals surface area contributed by atoms with Gasteiger partial charge in [0, 0.05) is 5.56 Å². The number of benzene rings is 2. The summed E-state index contributed by atoms with van der Waals surface area (Å²) >= 11 is 0. The zero-order valence-electron chi connectivity index (χ0n) is 17.2. The summed E-state index contributed by atoms with van der Waals surface area (Å²) in [5.74, 6) is -0.157. The number of rotatable bonds is 5. The summed E-state index contributed by atoms with van der Waals surface area (Å²) in [6.07, 6.45) is 0. The van der Waals surface area contributed by atoms with Gasteiger partial charge in [-0.3, -0.25) is 4.79 Å². The van der Waals surface area contributed by atoms with E-state index >= 15 is 0 Å². The first-order valence-corrected chi connectivity index (χ1v) is 10.4. The van der Waals surface area contributed by atoms with E-state index in [4.69, 9.17) is 0 Å². The minimum Gasteiger partial charge on any atom is -0.322 e. The molecule has 3 N–H and O–H groups in total. The monoisotopic (exact) mass is 394 g/mol. The number of hydrogen-bond acceptors (Lipinski definition) is 2. The number of amides is 3. The first kappa shape index (κ1) is 19.6. The van der Waals surface area contributed by atoms with Gasteiger partial charge < -0.3 is 15.1 Å². The van der Waals surface area contributed by atoms with Gasteiger partial charge in [-0.25, -0.2) is 9.69 Å². The van der Waals surface area contributed by atoms with Crippen molar-refractivity contribution in [1.29, 1.82) is 0 Å². The Morgan fingerprint density at radius 3 is 2.24 bits per heavy atom. The van der Waals surface area contributed by atoms with Gasteiger partial charge in [-0.2, -0.15) is 0 Å². The number of aryl methyl sites for hydroxylation is 1. The summed E-state index contributed by atoms with van der Waals surface area (Å²) in [7, 11) is 0. The van der Waals surface area contributed by atoms with Crippen LogP contribution in [0, 0.1) is 6.92 Å². The average molecular weight is 395 g/mol. The second-order valence-corrected chi connectivity index (χ2v) is 8.42. The molecule has 3 amide bonds. The lowest BCUT2D eigenvalue weighted by Crippen LogP contribution is -3.28. The smallest absolute Gasteiger partial charge is 0.322 e. The van der Waals surface area contributed by atoms with Crippen molar-refractivity contribution >= 4 is 11.9 Å². The van der Waals surface area contributed by atoms with Gasteiger partial charge in [0.25, 0.3) is 5.91 Å². The first-order valence-electron chi connectivity index (χ1n) is 10.4. The molecule has 2 aliphatic rings. The molecular formula is C23H30N4O2+2. The van der Waals surface area contributed by atoms with Crippen molar-refractivity contribution in [1.82, 2.24) is 10.2 Å². The Morgan fingerprint density at radius 2 is 1.55 bits per heavy atom. The van der Waals surface area contributed by atoms with Crippen LogP contribution in [0.15, 0.2) is 54.6 Å². The molecule has 2 fully saturated rings. The van der Waals surface area contributed by atoms with Crippen LogP contribution in [0.25, 0.3) is 0 Å². The molecule has 0 radical (unpaired) electrons. The average Bonchev–Trinajstić information content (AvgIpc) is 2.96. The van der Waals surface area contributed by atoms with E-state index in [1.54, 1.807) is 11.8 Å². The highest BCUT2D eigenvalue weighted by atomic mass is 16.2. The molecule has 0 saturated carbocycles. The number of imide groups is 1. The van der Waals surface area contributed by atoms with E-state index in [2.05, 4.69) is 36.5 Å². The molecule has 2 saturated heterocycles. The molecule has 152 valence electrons. The second kappa shape index (κ2) is 7.97. The standard InChI is InChI=1S/C23H28N4O2/c1-18-8-6-7-9-19(18)16-25-12-14-26(15-13-25)17-27-21(28)23(2,24-22(27)29)20-10-4-3-5-11-20/h3-11H,12-17H2,1-2H3,(H,24,29)/p+2/t23-/m1/s1. The van der Waals surface area contributed by atoms with Crippen molar-refractivity contribution < 1.29 is 19.4 Å². The van der Waals surface area contributed by atoms with Crippen LogP contribution in [0.1, 0.15) is 23.6 Å². The maximum atomic E-state index is 13.1. The van der Waals surface area contributed by atoms with Gasteiger partial charge in [0.2, 0.25) is 0 Å². The van der Waals surface area contributed by atoms with Crippen LogP contribution in [-0.4, -0.2) is 49.7 Å². The second-order valence-electron chi connectivity index (χ2n) is 8.42. The van der Waals surface area contributed by atoms with Crippen LogP contribution in [0.2, 0.25) is 0 Å². The van der Waals surface area contributed by atoms with Crippen molar-refractivity contribution in [2.24, 2.45) is 0 Å². The summed E-state index contributed by atoms with van der Waals surface area (Å²) < 4.78 is 0. The molecular weight excluding hydrogens is 364 g/mol. The highest BCUT2D eigenvalue weighted by molar-refractivity contribution is 6.07. The summed E-state index contributed by atoms with van der Waals surface area (Å²) in [6, 6.07) is 17.7. The zero-order chi connectivity index (χ0) is 20.4. The number of hydrogen-bond donors (Lipinski definition) is 3. The van der Waals surface area contributed by atoms with E-state index in [0.717, 1.165) is 38.3 Å². The summed E-state index contributed by atoms with van der Waals surface area (Å²) in [5.41, 5.74) is 2.59. The Kier molecular flexibility index (Phi) is 5.39. The highest BCUT2D eigenvalue weighted by Gasteiger charge is 2.50. The summed E-state index contributed by atoms with van der Waals surface area (Å²) in [5, 5.41) is 2.90. The Morgan fingerprint density at radius 1 is 0.931 bits per heavy atom. The minimum atomic E-state index is -0.976. The molecule has 2 aromatic rings. The molecule has 6 nitrogen and oxygen atoms in total. The Hall–Kier alpha value is -2.70. The third kappa shape index (κ3) is 3.91. The van der Waals surface area contributed by atoms with Crippen molar-refractivity contribution in [3.8, 4) is 0 Å². The third-order valence-electron chi connectivity index (χ3n) is 6.37. The molecule has 6 heteroatoms. The number of quaternary nitrogens is 2. The van der Waals surface area contributed by atoms with Gasteiger partial charge in [0.1, 0.15) is 38.3 Å². The van der Waals surface area contributed by atoms with E-state index in [1.807, 2.05) is 30.3 Å². The number of nitrogens with one attached hydrogen (secondary N) is 3. The van der Waals surface area contributed by atoms with Crippen molar-refractivity contribution in [2.45, 2.75) is 25.9 Å². The molecule has 2 heterocycles. The van der Waals surface area contributed by atoms with Crippen LogP contribution in [0.5, 0.6) is 0 Å². The van der Waals surface area contributed by atoms with E-state index in [1.165, 1.54) is 20.9 Å². The fourth-order valence-corrected chi connectivity index (χ4v) is 4.40. The van der Waals surface area contributed by atoms with Crippen LogP contribution >= 0.6 is 0 Å². The van der Waals surface area contributed by atoms with Crippen LogP contribution in [-0.2, 0) is 16.9 Å². The van der Waals surface area contributed by atoms with E-state index in [9.17, 15) is 9.59 Å². The molecule has 0 bridgehead atoms. The predicted molar refractivity (Wildman–Crippen MR) is 110 cm³/mol. The summed E-state index contributed by atoms with van der Waals surface area (Å²) in [6.45, 7) is 9.44. The van der Waals surface area contributed by atoms with Gasteiger partial charge in [0.15, 0.2) is 6.67 Å². The third-order valence-corrected chi connectivity index (χ3v) is 6.37. The quantitative estimate of drug-likeness (QED) is 0.610. The van der Waals surface area contributed by atoms with Gasteiger partial charge >= 0.3 is 6.03 Å². The Balaban J connectivity index is 1.35. The Labute approximate surface area is 172 Å². The van der Waals surface area contributed by atoms with Gasteiger partial charge in [-0.05, 0) is 25.0 Å². The normalized spacial score (nSPS) is 27.2. The van der Waals surface area contributed by atoms with Crippen LogP contribution in [0.3, 0.4) is 0 Å². The largest absolute Gasteiger partial charge is 0.329 e. The van der Waals surface area contributed by atoms with Crippen molar-refractivity contribution in [2.75, 3.05) is 32.8 Å². The molecule has 1 atom stereocenters. The number of carbonyl (C=O) groups excluding carboxylic acids is 2. The lowest BCUT2D eigenvalue weighted by atomic mass is 9.92. The molecule has 2 aliphatic heterocycles. The van der Waals surface area contributed by atoms with Crippen molar-refractivity contribution in [3.05, 3.63) is 71.3 Å². The molecule has 0 spiro atoms. The Bertz CT molecular complexity index is 893.